The minimum atomic E-state index is -0.300. The topological polar surface area (TPSA) is 70.6 Å². The maximum absolute atomic E-state index is 13.5. The maximum Gasteiger partial charge on any atom is 0.140 e. The van der Waals surface area contributed by atoms with E-state index in [0.29, 0.717) is 10.9 Å². The number of benzene rings is 1. The highest BCUT2D eigenvalue weighted by Gasteiger charge is 2.31. The van der Waals surface area contributed by atoms with E-state index in [4.69, 9.17) is 5.26 Å². The number of hydrogen-bond donors (Lipinski definition) is 0. The molecule has 1 fully saturated rings. The van der Waals surface area contributed by atoms with Gasteiger partial charge < -0.3 is 4.90 Å². The molecule has 3 aromatic rings. The van der Waals surface area contributed by atoms with Gasteiger partial charge in [-0.25, -0.2) is 14.4 Å². The molecule has 0 amide bonds. The van der Waals surface area contributed by atoms with Crippen LogP contribution in [0.3, 0.4) is 0 Å². The van der Waals surface area contributed by atoms with Crippen LogP contribution in [0.5, 0.6) is 0 Å². The van der Waals surface area contributed by atoms with Crippen LogP contribution >= 0.6 is 0 Å². The molecule has 0 atom stereocenters. The average Bonchev–Trinajstić information content (AvgIpc) is 2.95. The van der Waals surface area contributed by atoms with Gasteiger partial charge in [0, 0.05) is 24.7 Å². The molecule has 0 N–H and O–H groups in total. The van der Waals surface area contributed by atoms with Crippen LogP contribution < -0.4 is 4.90 Å². The van der Waals surface area contributed by atoms with Crippen molar-refractivity contribution in [2.75, 3.05) is 18.0 Å². The molecule has 0 spiro atoms. The molecule has 108 valence electrons. The highest BCUT2D eigenvalue weighted by molar-refractivity contribution is 5.89. The van der Waals surface area contributed by atoms with Crippen molar-refractivity contribution in [3.63, 3.8) is 0 Å². The van der Waals surface area contributed by atoms with Crippen LogP contribution in [0, 0.1) is 17.1 Å². The molecule has 1 aliphatic heterocycles. The number of hydrogen-bond acceptors (Lipinski definition) is 5. The van der Waals surface area contributed by atoms with Gasteiger partial charge in [-0.1, -0.05) is 0 Å². The molecule has 2 aromatic heterocycles. The summed E-state index contributed by atoms with van der Waals surface area (Å²) in [5.74, 6) is 0.430. The molecule has 1 aromatic carbocycles. The lowest BCUT2D eigenvalue weighted by Crippen LogP contribution is -2.48. The van der Waals surface area contributed by atoms with E-state index in [1.54, 1.807) is 23.1 Å². The van der Waals surface area contributed by atoms with Crippen molar-refractivity contribution in [1.82, 2.24) is 19.7 Å². The van der Waals surface area contributed by atoms with E-state index in [1.165, 1.54) is 18.5 Å². The van der Waals surface area contributed by atoms with Crippen LogP contribution in [-0.2, 0) is 0 Å². The summed E-state index contributed by atoms with van der Waals surface area (Å²) in [5.41, 5.74) is 1.27. The fraction of sp³-hybridized carbons (Fsp3) is 0.200. The van der Waals surface area contributed by atoms with Crippen LogP contribution in [-0.4, -0.2) is 32.8 Å². The Morgan fingerprint density at radius 2 is 2.14 bits per heavy atom. The van der Waals surface area contributed by atoms with Gasteiger partial charge >= 0.3 is 0 Å². The van der Waals surface area contributed by atoms with E-state index in [1.807, 2.05) is 0 Å². The zero-order valence-corrected chi connectivity index (χ0v) is 11.5. The fourth-order valence-electron chi connectivity index (χ4n) is 2.66. The minimum Gasteiger partial charge on any atom is -0.352 e. The van der Waals surface area contributed by atoms with Crippen LogP contribution in [0.15, 0.2) is 36.9 Å². The predicted octanol–water partition coefficient (Wildman–Crippen LogP) is 1.90. The third kappa shape index (κ3) is 1.97. The van der Waals surface area contributed by atoms with Crippen molar-refractivity contribution >= 4 is 16.7 Å². The van der Waals surface area contributed by atoms with Crippen LogP contribution in [0.4, 0.5) is 10.2 Å². The molecular weight excluding hydrogens is 283 g/mol. The second kappa shape index (κ2) is 4.77. The van der Waals surface area contributed by atoms with Crippen LogP contribution in [0.1, 0.15) is 11.6 Å². The summed E-state index contributed by atoms with van der Waals surface area (Å²) >= 11 is 0. The first-order valence-corrected chi connectivity index (χ1v) is 6.84. The van der Waals surface area contributed by atoms with E-state index in [0.717, 1.165) is 24.4 Å². The minimum absolute atomic E-state index is 0.195. The number of nitrogens with zero attached hydrogens (tertiary/aromatic N) is 6. The molecule has 4 rings (SSSR count). The first kappa shape index (κ1) is 12.7. The Bertz CT molecular complexity index is 890. The summed E-state index contributed by atoms with van der Waals surface area (Å²) in [4.78, 5) is 10.5. The lowest BCUT2D eigenvalue weighted by Gasteiger charge is -2.40. The normalized spacial score (nSPS) is 14.8. The highest BCUT2D eigenvalue weighted by atomic mass is 19.1. The first-order chi connectivity index (χ1) is 10.7. The lowest BCUT2D eigenvalue weighted by molar-refractivity contribution is 0.366. The summed E-state index contributed by atoms with van der Waals surface area (Å²) in [7, 11) is 0. The Kier molecular flexibility index (Phi) is 2.76. The summed E-state index contributed by atoms with van der Waals surface area (Å²) in [6.45, 7) is 1.43. The zero-order chi connectivity index (χ0) is 15.1. The second-order valence-electron chi connectivity index (χ2n) is 5.24. The van der Waals surface area contributed by atoms with Gasteiger partial charge in [-0.15, -0.1) is 0 Å². The van der Waals surface area contributed by atoms with Crippen molar-refractivity contribution in [3.8, 4) is 6.07 Å². The molecule has 0 unspecified atom stereocenters. The molecule has 1 saturated heterocycles. The largest absolute Gasteiger partial charge is 0.352 e. The maximum atomic E-state index is 13.5. The van der Waals surface area contributed by atoms with E-state index in [-0.39, 0.29) is 11.9 Å². The van der Waals surface area contributed by atoms with Gasteiger partial charge in [0.15, 0.2) is 0 Å². The van der Waals surface area contributed by atoms with Crippen LogP contribution in [0.2, 0.25) is 0 Å². The molecule has 0 radical (unpaired) electrons. The van der Waals surface area contributed by atoms with Crippen molar-refractivity contribution in [1.29, 1.82) is 5.26 Å². The molecule has 3 heterocycles. The first-order valence-electron chi connectivity index (χ1n) is 6.84. The second-order valence-corrected chi connectivity index (χ2v) is 5.24. The van der Waals surface area contributed by atoms with Gasteiger partial charge in [-0.05, 0) is 18.2 Å². The van der Waals surface area contributed by atoms with Gasteiger partial charge in [-0.3, -0.25) is 4.68 Å². The predicted molar refractivity (Wildman–Crippen MR) is 77.7 cm³/mol. The standard InChI is InChI=1S/C15H11FN6/c16-11-1-2-14-13(3-11)15(19-9-18-14)21-7-12(8-21)22-6-10(4-17)5-20-22/h1-3,5-6,9,12H,7-8H2. The quantitative estimate of drug-likeness (QED) is 0.722. The Hall–Kier alpha value is -3.01. The van der Waals surface area contributed by atoms with Gasteiger partial charge in [-0.2, -0.15) is 10.4 Å². The number of halogens is 1. The number of nitriles is 1. The zero-order valence-electron chi connectivity index (χ0n) is 11.5. The molecule has 6 nitrogen and oxygen atoms in total. The third-order valence-corrected chi connectivity index (χ3v) is 3.84. The van der Waals surface area contributed by atoms with E-state index < -0.39 is 0 Å². The molecule has 7 heteroatoms. The van der Waals surface area contributed by atoms with Crippen molar-refractivity contribution in [2.45, 2.75) is 6.04 Å². The molecule has 0 aliphatic carbocycles. The Balaban J connectivity index is 1.60. The van der Waals surface area contributed by atoms with Gasteiger partial charge in [0.05, 0.1) is 23.3 Å². The Morgan fingerprint density at radius 3 is 2.91 bits per heavy atom. The average molecular weight is 294 g/mol. The van der Waals surface area contributed by atoms with Crippen molar-refractivity contribution in [3.05, 3.63) is 48.3 Å². The smallest absolute Gasteiger partial charge is 0.140 e. The summed E-state index contributed by atoms with van der Waals surface area (Å²) in [5, 5.41) is 13.7. The van der Waals surface area contributed by atoms with Crippen LogP contribution in [0.25, 0.3) is 10.9 Å². The Morgan fingerprint density at radius 1 is 1.27 bits per heavy atom. The van der Waals surface area contributed by atoms with Gasteiger partial charge in [0.1, 0.15) is 24.0 Å². The number of fused-ring (bicyclic) bond motifs is 1. The lowest BCUT2D eigenvalue weighted by atomic mass is 10.1. The molecule has 22 heavy (non-hydrogen) atoms. The van der Waals surface area contributed by atoms with Gasteiger partial charge in [0.2, 0.25) is 0 Å². The summed E-state index contributed by atoms with van der Waals surface area (Å²) in [6, 6.07) is 6.76. The highest BCUT2D eigenvalue weighted by Crippen LogP contribution is 2.31. The molecule has 0 saturated carbocycles. The third-order valence-electron chi connectivity index (χ3n) is 3.84. The Labute approximate surface area is 125 Å². The van der Waals surface area contributed by atoms with E-state index in [9.17, 15) is 4.39 Å². The molecule has 1 aliphatic rings. The van der Waals surface area contributed by atoms with E-state index >= 15 is 0 Å². The molecular formula is C15H11FN6. The summed E-state index contributed by atoms with van der Waals surface area (Å²) < 4.78 is 15.3. The number of anilines is 1. The van der Waals surface area contributed by atoms with Gasteiger partial charge in [0.25, 0.3) is 0 Å². The molecule has 0 bridgehead atoms. The number of aromatic nitrogens is 4. The van der Waals surface area contributed by atoms with Crippen molar-refractivity contribution < 1.29 is 4.39 Å². The van der Waals surface area contributed by atoms with Crippen molar-refractivity contribution in [2.24, 2.45) is 0 Å². The SMILES string of the molecule is N#Cc1cnn(C2CN(c3ncnc4ccc(F)cc34)C2)c1. The summed E-state index contributed by atoms with van der Waals surface area (Å²) in [6.07, 6.45) is 4.78. The van der Waals surface area contributed by atoms with E-state index in [2.05, 4.69) is 26.0 Å². The number of rotatable bonds is 2. The fourth-order valence-corrected chi connectivity index (χ4v) is 2.66. The monoisotopic (exact) mass is 294 g/mol.